The highest BCUT2D eigenvalue weighted by Gasteiger charge is 2.41. The molecule has 5 heteroatoms. The zero-order valence-electron chi connectivity index (χ0n) is 8.64. The largest absolute Gasteiger partial charge is 0.490 e. The van der Waals surface area contributed by atoms with Crippen molar-refractivity contribution < 1.29 is 22.7 Å². The van der Waals surface area contributed by atoms with E-state index in [4.69, 9.17) is 0 Å². The summed E-state index contributed by atoms with van der Waals surface area (Å²) in [6.07, 6.45) is -1.58. The molecule has 0 aromatic carbocycles. The summed E-state index contributed by atoms with van der Waals surface area (Å²) in [5, 5.41) is 0. The summed E-state index contributed by atoms with van der Waals surface area (Å²) in [6.45, 7) is 5.31. The van der Waals surface area contributed by atoms with Crippen LogP contribution in [-0.4, -0.2) is 18.2 Å². The minimum Gasteiger partial charge on any atom is -0.451 e. The lowest BCUT2D eigenvalue weighted by Gasteiger charge is -2.14. The molecule has 0 aliphatic rings. The Labute approximate surface area is 87.1 Å². The first-order chi connectivity index (χ1) is 6.91. The molecule has 0 N–H and O–H groups in total. The first-order valence-corrected chi connectivity index (χ1v) is 4.82. The molecule has 2 nitrogen and oxygen atoms in total. The first kappa shape index (κ1) is 14.0. The van der Waals surface area contributed by atoms with Gasteiger partial charge in [-0.2, -0.15) is 13.2 Å². The number of halogens is 3. The third-order valence-corrected chi connectivity index (χ3v) is 1.84. The zero-order chi connectivity index (χ0) is 11.9. The highest BCUT2D eigenvalue weighted by atomic mass is 19.4. The molecule has 0 aromatic heterocycles. The Morgan fingerprint density at radius 2 is 2.07 bits per heavy atom. The molecule has 0 rings (SSSR count). The van der Waals surface area contributed by atoms with E-state index < -0.39 is 18.2 Å². The van der Waals surface area contributed by atoms with Gasteiger partial charge < -0.3 is 4.74 Å². The molecule has 0 aliphatic carbocycles. The number of rotatable bonds is 6. The maximum absolute atomic E-state index is 11.8. The van der Waals surface area contributed by atoms with Crippen molar-refractivity contribution in [2.24, 2.45) is 0 Å². The summed E-state index contributed by atoms with van der Waals surface area (Å²) >= 11 is 0. The second-order valence-corrected chi connectivity index (χ2v) is 3.17. The zero-order valence-corrected chi connectivity index (χ0v) is 8.64. The number of hydrogen-bond acceptors (Lipinski definition) is 2. The summed E-state index contributed by atoms with van der Waals surface area (Å²) in [5.41, 5.74) is 0. The van der Waals surface area contributed by atoms with Gasteiger partial charge in [-0.15, -0.1) is 0 Å². The molecule has 1 unspecified atom stereocenters. The van der Waals surface area contributed by atoms with Gasteiger partial charge in [-0.25, -0.2) is 4.79 Å². The monoisotopic (exact) mass is 224 g/mol. The van der Waals surface area contributed by atoms with E-state index in [9.17, 15) is 18.0 Å². The van der Waals surface area contributed by atoms with Gasteiger partial charge in [0, 0.05) is 0 Å². The van der Waals surface area contributed by atoms with E-state index in [0.29, 0.717) is 6.42 Å². The van der Waals surface area contributed by atoms with Gasteiger partial charge in [-0.05, 0) is 12.8 Å². The van der Waals surface area contributed by atoms with Gasteiger partial charge in [0.25, 0.3) is 0 Å². The fraction of sp³-hybridized carbons (Fsp3) is 0.700. The van der Waals surface area contributed by atoms with Crippen LogP contribution in [-0.2, 0) is 9.53 Å². The van der Waals surface area contributed by atoms with Crippen molar-refractivity contribution >= 4 is 5.97 Å². The van der Waals surface area contributed by atoms with Crippen LogP contribution in [0.25, 0.3) is 0 Å². The molecule has 0 aliphatic heterocycles. The van der Waals surface area contributed by atoms with Crippen molar-refractivity contribution in [3.63, 3.8) is 0 Å². The molecular formula is C10H15F3O2. The second-order valence-electron chi connectivity index (χ2n) is 3.17. The fourth-order valence-electron chi connectivity index (χ4n) is 1.02. The van der Waals surface area contributed by atoms with Gasteiger partial charge in [0.2, 0.25) is 0 Å². The number of ether oxygens (including phenoxy) is 1. The summed E-state index contributed by atoms with van der Waals surface area (Å²) in [7, 11) is 0. The van der Waals surface area contributed by atoms with Crippen LogP contribution in [0, 0.1) is 0 Å². The van der Waals surface area contributed by atoms with Gasteiger partial charge in [0.15, 0.2) is 0 Å². The summed E-state index contributed by atoms with van der Waals surface area (Å²) in [4.78, 5) is 10.5. The Bertz CT molecular complexity index is 211. The number of unbranched alkanes of at least 4 members (excludes halogenated alkanes) is 2. The average molecular weight is 224 g/mol. The summed E-state index contributed by atoms with van der Waals surface area (Å²) < 4.78 is 39.7. The van der Waals surface area contributed by atoms with Crippen LogP contribution in [0.4, 0.5) is 13.2 Å². The Kier molecular flexibility index (Phi) is 6.05. The SMILES string of the molecule is C=CC(CCCCC)OC(=O)C(F)(F)F. The number of alkyl halides is 3. The lowest BCUT2D eigenvalue weighted by Crippen LogP contribution is -2.29. The number of esters is 1. The van der Waals surface area contributed by atoms with Gasteiger partial charge in [-0.1, -0.05) is 32.4 Å². The Hall–Kier alpha value is -1.00. The molecule has 0 saturated heterocycles. The predicted molar refractivity (Wildman–Crippen MR) is 50.3 cm³/mol. The third-order valence-electron chi connectivity index (χ3n) is 1.84. The molecular weight excluding hydrogens is 209 g/mol. The number of carbonyl (C=O) groups excluding carboxylic acids is 1. The van der Waals surface area contributed by atoms with E-state index in [1.54, 1.807) is 0 Å². The highest BCUT2D eigenvalue weighted by molar-refractivity contribution is 5.75. The van der Waals surface area contributed by atoms with Gasteiger partial charge in [0.1, 0.15) is 6.10 Å². The van der Waals surface area contributed by atoms with Gasteiger partial charge >= 0.3 is 12.1 Å². The average Bonchev–Trinajstić information content (AvgIpc) is 2.14. The summed E-state index contributed by atoms with van der Waals surface area (Å²) in [5.74, 6) is -2.15. The molecule has 0 aromatic rings. The van der Waals surface area contributed by atoms with Crippen LogP contribution >= 0.6 is 0 Å². The van der Waals surface area contributed by atoms with Crippen molar-refractivity contribution in [1.29, 1.82) is 0 Å². The number of hydrogen-bond donors (Lipinski definition) is 0. The molecule has 0 amide bonds. The van der Waals surface area contributed by atoms with Crippen LogP contribution in [0.5, 0.6) is 0 Å². The lowest BCUT2D eigenvalue weighted by molar-refractivity contribution is -0.203. The molecule has 0 fully saturated rings. The highest BCUT2D eigenvalue weighted by Crippen LogP contribution is 2.19. The van der Waals surface area contributed by atoms with Crippen molar-refractivity contribution in [3.05, 3.63) is 12.7 Å². The van der Waals surface area contributed by atoms with Crippen LogP contribution in [0.15, 0.2) is 12.7 Å². The lowest BCUT2D eigenvalue weighted by atomic mass is 10.1. The fourth-order valence-corrected chi connectivity index (χ4v) is 1.02. The minimum absolute atomic E-state index is 0.388. The number of carbonyl (C=O) groups is 1. The molecule has 88 valence electrons. The van der Waals surface area contributed by atoms with Crippen molar-refractivity contribution in [2.45, 2.75) is 44.9 Å². The molecule has 0 radical (unpaired) electrons. The normalized spacial score (nSPS) is 13.3. The van der Waals surface area contributed by atoms with E-state index in [2.05, 4.69) is 11.3 Å². The van der Waals surface area contributed by atoms with E-state index in [-0.39, 0.29) is 0 Å². The second kappa shape index (κ2) is 6.48. The smallest absolute Gasteiger partial charge is 0.451 e. The van der Waals surface area contributed by atoms with Crippen molar-refractivity contribution in [1.82, 2.24) is 0 Å². The molecule has 15 heavy (non-hydrogen) atoms. The van der Waals surface area contributed by atoms with E-state index in [0.717, 1.165) is 19.3 Å². The van der Waals surface area contributed by atoms with Crippen molar-refractivity contribution in [2.75, 3.05) is 0 Å². The molecule has 0 saturated carbocycles. The van der Waals surface area contributed by atoms with E-state index in [1.807, 2.05) is 6.92 Å². The molecule has 0 spiro atoms. The maximum Gasteiger partial charge on any atom is 0.490 e. The van der Waals surface area contributed by atoms with Gasteiger partial charge in [-0.3, -0.25) is 0 Å². The Morgan fingerprint density at radius 3 is 2.47 bits per heavy atom. The van der Waals surface area contributed by atoms with Crippen LogP contribution in [0.3, 0.4) is 0 Å². The standard InChI is InChI=1S/C10H15F3O2/c1-3-5-6-7-8(4-2)15-9(14)10(11,12)13/h4,8H,2-3,5-7H2,1H3. The quantitative estimate of drug-likeness (QED) is 0.393. The van der Waals surface area contributed by atoms with Gasteiger partial charge in [0.05, 0.1) is 0 Å². The van der Waals surface area contributed by atoms with Crippen molar-refractivity contribution in [3.8, 4) is 0 Å². The molecule has 0 heterocycles. The van der Waals surface area contributed by atoms with Crippen LogP contribution in [0.2, 0.25) is 0 Å². The van der Waals surface area contributed by atoms with E-state index >= 15 is 0 Å². The maximum atomic E-state index is 11.8. The third kappa shape index (κ3) is 6.14. The topological polar surface area (TPSA) is 26.3 Å². The molecule has 0 bridgehead atoms. The minimum atomic E-state index is -4.92. The molecule has 1 atom stereocenters. The Morgan fingerprint density at radius 1 is 1.47 bits per heavy atom. The first-order valence-electron chi connectivity index (χ1n) is 4.82. The van der Waals surface area contributed by atoms with E-state index in [1.165, 1.54) is 6.08 Å². The summed E-state index contributed by atoms with van der Waals surface area (Å²) in [6, 6.07) is 0. The van der Waals surface area contributed by atoms with Crippen LogP contribution < -0.4 is 0 Å². The predicted octanol–water partition coefficient (Wildman–Crippen LogP) is 3.23. The van der Waals surface area contributed by atoms with Crippen LogP contribution in [0.1, 0.15) is 32.6 Å². The Balaban J connectivity index is 3.99.